The van der Waals surface area contributed by atoms with E-state index in [0.717, 1.165) is 35.7 Å². The quantitative estimate of drug-likeness (QED) is 0.857. The van der Waals surface area contributed by atoms with Crippen LogP contribution in [0.2, 0.25) is 0 Å². The molecule has 2 N–H and O–H groups in total. The number of nitrogens with zero attached hydrogens (tertiary/aromatic N) is 2. The molecule has 1 atom stereocenters. The average molecular weight is 378 g/mol. The van der Waals surface area contributed by atoms with Crippen molar-refractivity contribution in [1.29, 1.82) is 0 Å². The van der Waals surface area contributed by atoms with Gasteiger partial charge in [0, 0.05) is 37.9 Å². The molecule has 0 spiro atoms. The molecule has 6 heteroatoms. The molecule has 1 aromatic carbocycles. The molecule has 0 radical (unpaired) electrons. The number of fused-ring (bicyclic) bond motifs is 1. The Kier molecular flexibility index (Phi) is 5.55. The molecule has 2 aromatic rings. The molecule has 0 saturated carbocycles. The molecule has 1 fully saturated rings. The van der Waals surface area contributed by atoms with Crippen molar-refractivity contribution in [2.45, 2.75) is 44.6 Å². The molecule has 6 nitrogen and oxygen atoms in total. The van der Waals surface area contributed by atoms with Gasteiger partial charge in [-0.05, 0) is 36.1 Å². The molecule has 0 aliphatic carbocycles. The fraction of sp³-hybridized carbons (Fsp3) is 0.409. The first-order valence-corrected chi connectivity index (χ1v) is 10.1. The SMILES string of the molecule is O=C1CC(C(=O)NCc2ccc(N3CCCCCC3)nc2)c2ccccc2N1. The molecule has 1 unspecified atom stereocenters. The lowest BCUT2D eigenvalue weighted by Crippen LogP contribution is -2.34. The Hall–Kier alpha value is -2.89. The van der Waals surface area contributed by atoms with Gasteiger partial charge < -0.3 is 15.5 Å². The third-order valence-corrected chi connectivity index (χ3v) is 5.52. The van der Waals surface area contributed by atoms with E-state index in [1.54, 1.807) is 0 Å². The maximum atomic E-state index is 12.7. The van der Waals surface area contributed by atoms with Gasteiger partial charge >= 0.3 is 0 Å². The second-order valence-corrected chi connectivity index (χ2v) is 7.54. The summed E-state index contributed by atoms with van der Waals surface area (Å²) in [7, 11) is 0. The van der Waals surface area contributed by atoms with Crippen molar-refractivity contribution in [3.05, 3.63) is 53.7 Å². The van der Waals surface area contributed by atoms with Gasteiger partial charge in [0.25, 0.3) is 0 Å². The zero-order valence-electron chi connectivity index (χ0n) is 16.0. The van der Waals surface area contributed by atoms with Crippen molar-refractivity contribution >= 4 is 23.3 Å². The van der Waals surface area contributed by atoms with Crippen LogP contribution in [0.1, 0.15) is 49.1 Å². The first kappa shape index (κ1) is 18.5. The number of rotatable bonds is 4. The van der Waals surface area contributed by atoms with Gasteiger partial charge in [0.2, 0.25) is 11.8 Å². The summed E-state index contributed by atoms with van der Waals surface area (Å²) in [4.78, 5) is 31.6. The molecule has 146 valence electrons. The van der Waals surface area contributed by atoms with Crippen LogP contribution in [0.3, 0.4) is 0 Å². The standard InChI is InChI=1S/C22H26N4O2/c27-21-13-18(17-7-3-4-8-19(17)25-21)22(28)24-15-16-9-10-20(23-14-16)26-11-5-1-2-6-12-26/h3-4,7-10,14,18H,1-2,5-6,11-13,15H2,(H,24,28)(H,25,27). The highest BCUT2D eigenvalue weighted by Crippen LogP contribution is 2.32. The maximum absolute atomic E-state index is 12.7. The summed E-state index contributed by atoms with van der Waals surface area (Å²) >= 11 is 0. The van der Waals surface area contributed by atoms with E-state index in [-0.39, 0.29) is 18.2 Å². The summed E-state index contributed by atoms with van der Waals surface area (Å²) in [6.07, 6.45) is 7.04. The van der Waals surface area contributed by atoms with Gasteiger partial charge in [-0.2, -0.15) is 0 Å². The average Bonchev–Trinajstić information content (AvgIpc) is 3.01. The molecule has 2 amide bonds. The molecule has 2 aliphatic rings. The van der Waals surface area contributed by atoms with Crippen LogP contribution in [0.25, 0.3) is 0 Å². The molecule has 1 aromatic heterocycles. The summed E-state index contributed by atoms with van der Waals surface area (Å²) in [6.45, 7) is 2.53. The highest BCUT2D eigenvalue weighted by atomic mass is 16.2. The molecular weight excluding hydrogens is 352 g/mol. The van der Waals surface area contributed by atoms with Crippen LogP contribution >= 0.6 is 0 Å². The van der Waals surface area contributed by atoms with E-state index < -0.39 is 5.92 Å². The Bertz CT molecular complexity index is 842. The Balaban J connectivity index is 1.38. The Morgan fingerprint density at radius 2 is 1.89 bits per heavy atom. The molecule has 28 heavy (non-hydrogen) atoms. The third kappa shape index (κ3) is 4.16. The molecule has 2 aliphatic heterocycles. The zero-order valence-corrected chi connectivity index (χ0v) is 16.0. The van der Waals surface area contributed by atoms with Crippen LogP contribution in [0.15, 0.2) is 42.6 Å². The summed E-state index contributed by atoms with van der Waals surface area (Å²) in [5, 5.41) is 5.79. The van der Waals surface area contributed by atoms with E-state index >= 15 is 0 Å². The minimum absolute atomic E-state index is 0.123. The fourth-order valence-corrected chi connectivity index (χ4v) is 3.97. The second kappa shape index (κ2) is 8.42. The van der Waals surface area contributed by atoms with E-state index in [9.17, 15) is 9.59 Å². The zero-order chi connectivity index (χ0) is 19.3. The van der Waals surface area contributed by atoms with Crippen molar-refractivity contribution in [2.24, 2.45) is 0 Å². The van der Waals surface area contributed by atoms with E-state index in [0.29, 0.717) is 6.54 Å². The highest BCUT2D eigenvalue weighted by molar-refractivity contribution is 6.01. The highest BCUT2D eigenvalue weighted by Gasteiger charge is 2.30. The lowest BCUT2D eigenvalue weighted by atomic mass is 9.90. The van der Waals surface area contributed by atoms with Crippen LogP contribution in [0, 0.1) is 0 Å². The smallest absolute Gasteiger partial charge is 0.228 e. The first-order chi connectivity index (χ1) is 13.7. The van der Waals surface area contributed by atoms with Gasteiger partial charge in [-0.15, -0.1) is 0 Å². The first-order valence-electron chi connectivity index (χ1n) is 10.1. The number of carbonyl (C=O) groups excluding carboxylic acids is 2. The minimum atomic E-state index is -0.450. The van der Waals surface area contributed by atoms with Gasteiger partial charge in [0.15, 0.2) is 0 Å². The predicted molar refractivity (Wildman–Crippen MR) is 109 cm³/mol. The van der Waals surface area contributed by atoms with Crippen LogP contribution in [-0.2, 0) is 16.1 Å². The number of nitrogens with one attached hydrogen (secondary N) is 2. The van der Waals surface area contributed by atoms with Crippen molar-refractivity contribution in [2.75, 3.05) is 23.3 Å². The minimum Gasteiger partial charge on any atom is -0.357 e. The maximum Gasteiger partial charge on any atom is 0.228 e. The van der Waals surface area contributed by atoms with Gasteiger partial charge in [-0.3, -0.25) is 9.59 Å². The van der Waals surface area contributed by atoms with Crippen molar-refractivity contribution in [1.82, 2.24) is 10.3 Å². The topological polar surface area (TPSA) is 74.3 Å². The van der Waals surface area contributed by atoms with Crippen LogP contribution in [-0.4, -0.2) is 29.9 Å². The van der Waals surface area contributed by atoms with Crippen LogP contribution in [0.5, 0.6) is 0 Å². The largest absolute Gasteiger partial charge is 0.357 e. The Morgan fingerprint density at radius 1 is 1.11 bits per heavy atom. The van der Waals surface area contributed by atoms with E-state index in [1.807, 2.05) is 42.6 Å². The Labute approximate surface area is 165 Å². The summed E-state index contributed by atoms with van der Waals surface area (Å²) < 4.78 is 0. The number of para-hydroxylation sites is 1. The molecule has 0 bridgehead atoms. The number of amides is 2. The molecule has 4 rings (SSSR count). The number of pyridine rings is 1. The summed E-state index contributed by atoms with van der Waals surface area (Å²) in [5.74, 6) is 0.311. The van der Waals surface area contributed by atoms with Crippen molar-refractivity contribution in [3.8, 4) is 0 Å². The van der Waals surface area contributed by atoms with Gasteiger partial charge in [0.05, 0.1) is 5.92 Å². The van der Waals surface area contributed by atoms with Crippen molar-refractivity contribution < 1.29 is 9.59 Å². The van der Waals surface area contributed by atoms with Gasteiger partial charge in [-0.1, -0.05) is 37.1 Å². The lowest BCUT2D eigenvalue weighted by Gasteiger charge is -2.25. The van der Waals surface area contributed by atoms with E-state index in [2.05, 4.69) is 20.5 Å². The number of aromatic nitrogens is 1. The molecular formula is C22H26N4O2. The lowest BCUT2D eigenvalue weighted by molar-refractivity contribution is -0.126. The number of hydrogen-bond acceptors (Lipinski definition) is 4. The number of hydrogen-bond donors (Lipinski definition) is 2. The van der Waals surface area contributed by atoms with E-state index in [1.165, 1.54) is 25.7 Å². The number of benzene rings is 1. The van der Waals surface area contributed by atoms with Gasteiger partial charge in [-0.25, -0.2) is 4.98 Å². The summed E-state index contributed by atoms with van der Waals surface area (Å²) in [5.41, 5.74) is 2.55. The van der Waals surface area contributed by atoms with Crippen molar-refractivity contribution in [3.63, 3.8) is 0 Å². The second-order valence-electron chi connectivity index (χ2n) is 7.54. The molecule has 3 heterocycles. The predicted octanol–water partition coefficient (Wildman–Crippen LogP) is 3.20. The molecule has 1 saturated heterocycles. The van der Waals surface area contributed by atoms with Crippen LogP contribution in [0.4, 0.5) is 11.5 Å². The normalized spacial score (nSPS) is 19.4. The number of anilines is 2. The Morgan fingerprint density at radius 3 is 2.64 bits per heavy atom. The van der Waals surface area contributed by atoms with E-state index in [4.69, 9.17) is 0 Å². The van der Waals surface area contributed by atoms with Crippen LogP contribution < -0.4 is 15.5 Å². The fourth-order valence-electron chi connectivity index (χ4n) is 3.97. The third-order valence-electron chi connectivity index (χ3n) is 5.52. The summed E-state index contributed by atoms with van der Waals surface area (Å²) in [6, 6.07) is 11.5. The van der Waals surface area contributed by atoms with Gasteiger partial charge in [0.1, 0.15) is 5.82 Å². The monoisotopic (exact) mass is 378 g/mol. The number of carbonyl (C=O) groups is 2.